The standard InChI is InChI=1S/C19H23N3O/c1-15-5-7-17(8-6-15)19(9-10-19)21-18(23)14-22(2)13-16-4-3-11-20-12-16/h3-8,11-12H,9-10,13-14H2,1-2H3,(H,21,23). The quantitative estimate of drug-likeness (QED) is 0.892. The van der Waals surface area contributed by atoms with E-state index in [1.54, 1.807) is 6.20 Å². The van der Waals surface area contributed by atoms with Gasteiger partial charge in [0.05, 0.1) is 12.1 Å². The Bertz CT molecular complexity index is 663. The van der Waals surface area contributed by atoms with Crippen LogP contribution in [0.15, 0.2) is 48.8 Å². The van der Waals surface area contributed by atoms with Crippen molar-refractivity contribution in [3.05, 3.63) is 65.5 Å². The molecule has 0 unspecified atom stereocenters. The molecule has 1 N–H and O–H groups in total. The van der Waals surface area contributed by atoms with Crippen molar-refractivity contribution >= 4 is 5.91 Å². The molecule has 1 heterocycles. The summed E-state index contributed by atoms with van der Waals surface area (Å²) in [4.78, 5) is 18.5. The number of nitrogens with zero attached hydrogens (tertiary/aromatic N) is 2. The minimum atomic E-state index is -0.139. The highest BCUT2D eigenvalue weighted by Crippen LogP contribution is 2.45. The van der Waals surface area contributed by atoms with Crippen LogP contribution in [0, 0.1) is 6.92 Å². The summed E-state index contributed by atoms with van der Waals surface area (Å²) < 4.78 is 0. The van der Waals surface area contributed by atoms with Crippen molar-refractivity contribution in [2.45, 2.75) is 31.8 Å². The molecular weight excluding hydrogens is 286 g/mol. The van der Waals surface area contributed by atoms with E-state index in [0.717, 1.165) is 24.9 Å². The topological polar surface area (TPSA) is 45.2 Å². The SMILES string of the molecule is Cc1ccc(C2(NC(=O)CN(C)Cc3cccnc3)CC2)cc1. The Labute approximate surface area is 137 Å². The van der Waals surface area contributed by atoms with E-state index in [2.05, 4.69) is 41.5 Å². The molecule has 1 saturated carbocycles. The number of hydrogen-bond donors (Lipinski definition) is 1. The molecule has 0 saturated heterocycles. The first-order chi connectivity index (χ1) is 11.1. The van der Waals surface area contributed by atoms with Crippen molar-refractivity contribution in [3.8, 4) is 0 Å². The van der Waals surface area contributed by atoms with Gasteiger partial charge in [-0.3, -0.25) is 14.7 Å². The molecule has 2 aromatic rings. The Hall–Kier alpha value is -2.20. The third-order valence-electron chi connectivity index (χ3n) is 4.32. The van der Waals surface area contributed by atoms with Gasteiger partial charge in [-0.2, -0.15) is 0 Å². The fraction of sp³-hybridized carbons (Fsp3) is 0.368. The molecule has 23 heavy (non-hydrogen) atoms. The monoisotopic (exact) mass is 309 g/mol. The summed E-state index contributed by atoms with van der Waals surface area (Å²) in [6.07, 6.45) is 5.64. The molecule has 1 aliphatic carbocycles. The summed E-state index contributed by atoms with van der Waals surface area (Å²) in [6, 6.07) is 12.4. The molecule has 4 nitrogen and oxygen atoms in total. The van der Waals surface area contributed by atoms with Crippen LogP contribution in [-0.4, -0.2) is 29.4 Å². The Balaban J connectivity index is 1.56. The van der Waals surface area contributed by atoms with Crippen molar-refractivity contribution in [2.75, 3.05) is 13.6 Å². The first-order valence-electron chi connectivity index (χ1n) is 8.03. The molecule has 1 fully saturated rings. The van der Waals surface area contributed by atoms with E-state index >= 15 is 0 Å². The van der Waals surface area contributed by atoms with Crippen molar-refractivity contribution in [1.82, 2.24) is 15.2 Å². The van der Waals surface area contributed by atoms with Gasteiger partial charge >= 0.3 is 0 Å². The molecule has 120 valence electrons. The lowest BCUT2D eigenvalue weighted by Crippen LogP contribution is -2.41. The number of carbonyl (C=O) groups excluding carboxylic acids is 1. The van der Waals surface area contributed by atoms with E-state index in [0.29, 0.717) is 6.54 Å². The molecule has 0 bridgehead atoms. The number of amides is 1. The van der Waals surface area contributed by atoms with Gasteiger partial charge in [0.1, 0.15) is 0 Å². The summed E-state index contributed by atoms with van der Waals surface area (Å²) in [5.74, 6) is 0.0782. The number of likely N-dealkylation sites (N-methyl/N-ethyl adjacent to an activating group) is 1. The molecule has 0 spiro atoms. The van der Waals surface area contributed by atoms with Gasteiger partial charge in [0, 0.05) is 18.9 Å². The summed E-state index contributed by atoms with van der Waals surface area (Å²) in [5, 5.41) is 3.22. The number of hydrogen-bond acceptors (Lipinski definition) is 3. The lowest BCUT2D eigenvalue weighted by Gasteiger charge is -2.21. The minimum absolute atomic E-state index is 0.0782. The average molecular weight is 309 g/mol. The van der Waals surface area contributed by atoms with Crippen LogP contribution in [0.3, 0.4) is 0 Å². The smallest absolute Gasteiger partial charge is 0.234 e. The lowest BCUT2D eigenvalue weighted by molar-refractivity contribution is -0.123. The van der Waals surface area contributed by atoms with Crippen LogP contribution in [0.5, 0.6) is 0 Å². The molecule has 3 rings (SSSR count). The Morgan fingerprint density at radius 2 is 2.00 bits per heavy atom. The van der Waals surface area contributed by atoms with Crippen LogP contribution < -0.4 is 5.32 Å². The van der Waals surface area contributed by atoms with Crippen molar-refractivity contribution in [3.63, 3.8) is 0 Å². The van der Waals surface area contributed by atoms with Gasteiger partial charge < -0.3 is 5.32 Å². The van der Waals surface area contributed by atoms with Crippen molar-refractivity contribution < 1.29 is 4.79 Å². The van der Waals surface area contributed by atoms with Gasteiger partial charge in [-0.15, -0.1) is 0 Å². The zero-order valence-corrected chi connectivity index (χ0v) is 13.7. The summed E-state index contributed by atoms with van der Waals surface area (Å²) in [6.45, 7) is 3.19. The second-order valence-corrected chi connectivity index (χ2v) is 6.53. The number of aromatic nitrogens is 1. The van der Waals surface area contributed by atoms with Crippen molar-refractivity contribution in [2.24, 2.45) is 0 Å². The second-order valence-electron chi connectivity index (χ2n) is 6.53. The molecular formula is C19H23N3O. The fourth-order valence-corrected chi connectivity index (χ4v) is 2.89. The third-order valence-corrected chi connectivity index (χ3v) is 4.32. The maximum atomic E-state index is 12.4. The highest BCUT2D eigenvalue weighted by molar-refractivity contribution is 5.79. The zero-order chi connectivity index (χ0) is 16.3. The largest absolute Gasteiger partial charge is 0.345 e. The van der Waals surface area contributed by atoms with Gasteiger partial charge in [-0.05, 0) is 44.0 Å². The van der Waals surface area contributed by atoms with Gasteiger partial charge in [0.2, 0.25) is 5.91 Å². The van der Waals surface area contributed by atoms with E-state index in [1.807, 2.05) is 30.3 Å². The average Bonchev–Trinajstić information content (AvgIpc) is 3.29. The number of pyridine rings is 1. The van der Waals surface area contributed by atoms with Crippen LogP contribution in [-0.2, 0) is 16.9 Å². The van der Waals surface area contributed by atoms with E-state index in [-0.39, 0.29) is 11.4 Å². The maximum Gasteiger partial charge on any atom is 0.234 e. The van der Waals surface area contributed by atoms with Crippen LogP contribution in [0.1, 0.15) is 29.5 Å². The number of rotatable bonds is 6. The Morgan fingerprint density at radius 3 is 2.61 bits per heavy atom. The van der Waals surface area contributed by atoms with Gasteiger partial charge in [0.15, 0.2) is 0 Å². The van der Waals surface area contributed by atoms with Gasteiger partial charge in [-0.1, -0.05) is 35.9 Å². The van der Waals surface area contributed by atoms with Crippen LogP contribution >= 0.6 is 0 Å². The van der Waals surface area contributed by atoms with E-state index < -0.39 is 0 Å². The van der Waals surface area contributed by atoms with E-state index in [4.69, 9.17) is 0 Å². The highest BCUT2D eigenvalue weighted by Gasteiger charge is 2.45. The predicted octanol–water partition coefficient (Wildman–Crippen LogP) is 2.63. The minimum Gasteiger partial charge on any atom is -0.345 e. The molecule has 0 radical (unpaired) electrons. The van der Waals surface area contributed by atoms with Crippen molar-refractivity contribution in [1.29, 1.82) is 0 Å². The highest BCUT2D eigenvalue weighted by atomic mass is 16.2. The predicted molar refractivity (Wildman–Crippen MR) is 90.8 cm³/mol. The summed E-state index contributed by atoms with van der Waals surface area (Å²) in [5.41, 5.74) is 3.43. The fourth-order valence-electron chi connectivity index (χ4n) is 2.89. The number of benzene rings is 1. The Morgan fingerprint density at radius 1 is 1.26 bits per heavy atom. The molecule has 1 amide bonds. The molecule has 1 aliphatic rings. The first-order valence-corrected chi connectivity index (χ1v) is 8.03. The molecule has 1 aromatic heterocycles. The zero-order valence-electron chi connectivity index (χ0n) is 13.7. The maximum absolute atomic E-state index is 12.4. The molecule has 0 aliphatic heterocycles. The van der Waals surface area contributed by atoms with Gasteiger partial charge in [0.25, 0.3) is 0 Å². The van der Waals surface area contributed by atoms with E-state index in [1.165, 1.54) is 11.1 Å². The van der Waals surface area contributed by atoms with Crippen LogP contribution in [0.2, 0.25) is 0 Å². The molecule has 1 aromatic carbocycles. The lowest BCUT2D eigenvalue weighted by atomic mass is 10.0. The van der Waals surface area contributed by atoms with Crippen LogP contribution in [0.25, 0.3) is 0 Å². The third kappa shape index (κ3) is 3.96. The summed E-state index contributed by atoms with van der Waals surface area (Å²) in [7, 11) is 1.96. The Kier molecular flexibility index (Phi) is 4.44. The number of nitrogens with one attached hydrogen (secondary N) is 1. The molecule has 4 heteroatoms. The number of carbonyl (C=O) groups is 1. The number of aryl methyl sites for hydroxylation is 1. The normalized spacial score (nSPS) is 15.4. The summed E-state index contributed by atoms with van der Waals surface area (Å²) >= 11 is 0. The van der Waals surface area contributed by atoms with Gasteiger partial charge in [-0.25, -0.2) is 0 Å². The molecule has 0 atom stereocenters. The van der Waals surface area contributed by atoms with E-state index in [9.17, 15) is 4.79 Å². The first kappa shape index (κ1) is 15.7. The van der Waals surface area contributed by atoms with Crippen LogP contribution in [0.4, 0.5) is 0 Å². The second kappa shape index (κ2) is 6.50.